The predicted octanol–water partition coefficient (Wildman–Crippen LogP) is 8.62. The summed E-state index contributed by atoms with van der Waals surface area (Å²) in [5.74, 6) is 5.14. The first-order valence-electron chi connectivity index (χ1n) is 16.3. The summed E-state index contributed by atoms with van der Waals surface area (Å²) < 4.78 is 6.12. The Morgan fingerprint density at radius 3 is 2.69 bits per heavy atom. The van der Waals surface area contributed by atoms with E-state index in [1.807, 2.05) is 0 Å². The SMILES string of the molecule is CC(C)CCC[C@@H](C)[C@H]1CC[C@H]2[C@@H]3CC=C4C[C@@H](OCC(=O)NCCCCN=[N+]=[N-])CC[C@]4(C)[C@H]3CC[C@]12C. The van der Waals surface area contributed by atoms with Crippen molar-refractivity contribution in [2.75, 3.05) is 19.7 Å². The van der Waals surface area contributed by atoms with Crippen LogP contribution in [0, 0.1) is 46.3 Å². The molecule has 0 aromatic heterocycles. The normalized spacial score (nSPS) is 36.3. The molecule has 6 nitrogen and oxygen atoms in total. The van der Waals surface area contributed by atoms with Crippen LogP contribution in [0.15, 0.2) is 16.8 Å². The Kier molecular flexibility index (Phi) is 10.5. The first kappa shape index (κ1) is 30.4. The number of amides is 1. The Bertz CT molecular complexity index is 911. The van der Waals surface area contributed by atoms with Crippen molar-refractivity contribution in [2.45, 2.75) is 124 Å². The van der Waals surface area contributed by atoms with Crippen molar-refractivity contribution >= 4 is 5.91 Å². The molecule has 4 rings (SSSR count). The van der Waals surface area contributed by atoms with Crippen LogP contribution in [0.2, 0.25) is 0 Å². The number of ether oxygens (including phenoxy) is 1. The first-order valence-corrected chi connectivity index (χ1v) is 16.3. The summed E-state index contributed by atoms with van der Waals surface area (Å²) in [5.41, 5.74) is 10.8. The maximum atomic E-state index is 12.3. The number of nitrogens with one attached hydrogen (secondary N) is 1. The van der Waals surface area contributed by atoms with Crippen molar-refractivity contribution in [1.82, 2.24) is 5.32 Å². The zero-order chi connectivity index (χ0) is 28.0. The van der Waals surface area contributed by atoms with Gasteiger partial charge in [-0.3, -0.25) is 4.79 Å². The summed E-state index contributed by atoms with van der Waals surface area (Å²) in [4.78, 5) is 15.0. The number of hydrogen-bond donors (Lipinski definition) is 1. The molecule has 0 unspecified atom stereocenters. The Morgan fingerprint density at radius 1 is 1.10 bits per heavy atom. The van der Waals surface area contributed by atoms with Gasteiger partial charge in [0.25, 0.3) is 0 Å². The molecule has 4 aliphatic carbocycles. The largest absolute Gasteiger partial charge is 0.368 e. The molecule has 4 aliphatic rings. The molecule has 1 amide bonds. The van der Waals surface area contributed by atoms with Crippen LogP contribution in [0.1, 0.15) is 118 Å². The molecule has 0 aliphatic heterocycles. The Morgan fingerprint density at radius 2 is 1.92 bits per heavy atom. The molecule has 0 spiro atoms. The topological polar surface area (TPSA) is 87.1 Å². The first-order chi connectivity index (χ1) is 18.7. The number of azide groups is 1. The summed E-state index contributed by atoms with van der Waals surface area (Å²) in [7, 11) is 0. The quantitative estimate of drug-likeness (QED) is 0.0833. The Balaban J connectivity index is 1.29. The van der Waals surface area contributed by atoms with E-state index in [1.165, 1.54) is 57.8 Å². The third-order valence-electron chi connectivity index (χ3n) is 11.8. The van der Waals surface area contributed by atoms with Gasteiger partial charge in [-0.25, -0.2) is 0 Å². The number of carbonyl (C=O) groups is 1. The molecule has 0 radical (unpaired) electrons. The highest BCUT2D eigenvalue weighted by Crippen LogP contribution is 2.67. The lowest BCUT2D eigenvalue weighted by atomic mass is 9.47. The van der Waals surface area contributed by atoms with Gasteiger partial charge in [-0.1, -0.05) is 70.6 Å². The molecule has 0 aromatic carbocycles. The van der Waals surface area contributed by atoms with Crippen molar-refractivity contribution < 1.29 is 9.53 Å². The Hall–Kier alpha value is -1.52. The zero-order valence-corrected chi connectivity index (χ0v) is 25.6. The molecular formula is C33H56N4O2. The zero-order valence-electron chi connectivity index (χ0n) is 25.6. The fourth-order valence-corrected chi connectivity index (χ4v) is 9.62. The molecule has 220 valence electrons. The van der Waals surface area contributed by atoms with Gasteiger partial charge in [-0.2, -0.15) is 0 Å². The fourth-order valence-electron chi connectivity index (χ4n) is 9.62. The highest BCUT2D eigenvalue weighted by Gasteiger charge is 2.59. The molecular weight excluding hydrogens is 484 g/mol. The summed E-state index contributed by atoms with van der Waals surface area (Å²) in [6.45, 7) is 13.8. The second-order valence-corrected chi connectivity index (χ2v) is 14.5. The second kappa shape index (κ2) is 13.4. The minimum atomic E-state index is -0.0365. The molecule has 6 heteroatoms. The minimum Gasteiger partial charge on any atom is -0.368 e. The van der Waals surface area contributed by atoms with Crippen LogP contribution in [-0.2, 0) is 9.53 Å². The van der Waals surface area contributed by atoms with E-state index in [2.05, 4.69) is 56.0 Å². The van der Waals surface area contributed by atoms with Crippen molar-refractivity contribution in [3.8, 4) is 0 Å². The highest BCUT2D eigenvalue weighted by atomic mass is 16.5. The van der Waals surface area contributed by atoms with Gasteiger partial charge in [-0.05, 0) is 116 Å². The van der Waals surface area contributed by atoms with E-state index in [0.717, 1.165) is 61.2 Å². The lowest BCUT2D eigenvalue weighted by Crippen LogP contribution is -2.51. The van der Waals surface area contributed by atoms with E-state index >= 15 is 0 Å². The lowest BCUT2D eigenvalue weighted by Gasteiger charge is -2.58. The van der Waals surface area contributed by atoms with E-state index in [9.17, 15) is 4.79 Å². The number of carbonyl (C=O) groups excluding carboxylic acids is 1. The van der Waals surface area contributed by atoms with E-state index in [4.69, 9.17) is 10.3 Å². The number of fused-ring (bicyclic) bond motifs is 5. The minimum absolute atomic E-state index is 0.0365. The molecule has 8 atom stereocenters. The Labute approximate surface area is 238 Å². The summed E-state index contributed by atoms with van der Waals surface area (Å²) in [6, 6.07) is 0. The highest BCUT2D eigenvalue weighted by molar-refractivity contribution is 5.77. The third kappa shape index (κ3) is 6.87. The van der Waals surface area contributed by atoms with Crippen LogP contribution < -0.4 is 5.32 Å². The number of hydrogen-bond acceptors (Lipinski definition) is 3. The average molecular weight is 541 g/mol. The molecule has 3 fully saturated rings. The van der Waals surface area contributed by atoms with Gasteiger partial charge in [0.2, 0.25) is 5.91 Å². The standard InChI is InChI=1S/C33H56N4O2/c1-23(2)9-8-10-24(3)28-13-14-29-27-12-11-25-21-26(39-22-31(38)35-19-6-7-20-36-37-34)15-17-32(25,4)30(27)16-18-33(28,29)5/h11,23-24,26-30H,6-10,12-22H2,1-5H3,(H,35,38)/t24-,26+,27+,28-,29+,30+,32+,33-/m1/s1. The lowest BCUT2D eigenvalue weighted by molar-refractivity contribution is -0.129. The second-order valence-electron chi connectivity index (χ2n) is 14.5. The van der Waals surface area contributed by atoms with E-state index < -0.39 is 0 Å². The van der Waals surface area contributed by atoms with E-state index in [0.29, 0.717) is 23.9 Å². The van der Waals surface area contributed by atoms with Gasteiger partial charge >= 0.3 is 0 Å². The van der Waals surface area contributed by atoms with Gasteiger partial charge in [0.15, 0.2) is 0 Å². The van der Waals surface area contributed by atoms with Crippen LogP contribution in [0.5, 0.6) is 0 Å². The van der Waals surface area contributed by atoms with Crippen molar-refractivity contribution in [3.05, 3.63) is 22.1 Å². The van der Waals surface area contributed by atoms with Crippen LogP contribution in [0.25, 0.3) is 10.4 Å². The molecule has 0 bridgehead atoms. The number of unbranched alkanes of at least 4 members (excludes halogenated alkanes) is 1. The van der Waals surface area contributed by atoms with E-state index in [-0.39, 0.29) is 18.6 Å². The molecule has 0 aromatic rings. The molecule has 39 heavy (non-hydrogen) atoms. The monoisotopic (exact) mass is 540 g/mol. The van der Waals surface area contributed by atoms with Crippen LogP contribution in [-0.4, -0.2) is 31.7 Å². The van der Waals surface area contributed by atoms with Crippen molar-refractivity contribution in [2.24, 2.45) is 51.5 Å². The maximum absolute atomic E-state index is 12.3. The maximum Gasteiger partial charge on any atom is 0.246 e. The summed E-state index contributed by atoms with van der Waals surface area (Å²) in [5, 5.41) is 6.47. The number of nitrogens with zero attached hydrogens (tertiary/aromatic N) is 3. The van der Waals surface area contributed by atoms with Crippen LogP contribution in [0.4, 0.5) is 0 Å². The number of rotatable bonds is 13. The van der Waals surface area contributed by atoms with Gasteiger partial charge < -0.3 is 10.1 Å². The van der Waals surface area contributed by atoms with Crippen molar-refractivity contribution in [1.29, 1.82) is 0 Å². The van der Waals surface area contributed by atoms with Gasteiger partial charge in [0.05, 0.1) is 6.10 Å². The predicted molar refractivity (Wildman–Crippen MR) is 159 cm³/mol. The molecule has 0 saturated heterocycles. The van der Waals surface area contributed by atoms with Gasteiger partial charge in [0, 0.05) is 18.0 Å². The fraction of sp³-hybridized carbons (Fsp3) is 0.909. The average Bonchev–Trinajstić information content (AvgIpc) is 3.26. The van der Waals surface area contributed by atoms with Gasteiger partial charge in [-0.15, -0.1) is 0 Å². The summed E-state index contributed by atoms with van der Waals surface area (Å²) in [6.07, 6.45) is 18.8. The summed E-state index contributed by atoms with van der Waals surface area (Å²) >= 11 is 0. The molecule has 0 heterocycles. The van der Waals surface area contributed by atoms with Crippen molar-refractivity contribution in [3.63, 3.8) is 0 Å². The number of allylic oxidation sites excluding steroid dienone is 1. The molecule has 3 saturated carbocycles. The van der Waals surface area contributed by atoms with Crippen LogP contribution >= 0.6 is 0 Å². The molecule has 1 N–H and O–H groups in total. The third-order valence-corrected chi connectivity index (χ3v) is 11.8. The van der Waals surface area contributed by atoms with Gasteiger partial charge in [0.1, 0.15) is 6.61 Å². The van der Waals surface area contributed by atoms with E-state index in [1.54, 1.807) is 5.57 Å². The smallest absolute Gasteiger partial charge is 0.246 e. The van der Waals surface area contributed by atoms with Crippen LogP contribution in [0.3, 0.4) is 0 Å².